The summed E-state index contributed by atoms with van der Waals surface area (Å²) in [6.45, 7) is 1.93. The quantitative estimate of drug-likeness (QED) is 0.698. The molecule has 2 aromatic rings. The molecule has 1 amide bonds. The van der Waals surface area contributed by atoms with E-state index in [1.54, 1.807) is 5.51 Å². The third-order valence-corrected chi connectivity index (χ3v) is 6.68. The largest absolute Gasteiger partial charge is 0.484 e. The molecule has 0 saturated carbocycles. The summed E-state index contributed by atoms with van der Waals surface area (Å²) in [5.41, 5.74) is 2.93. The Morgan fingerprint density at radius 2 is 2.14 bits per heavy atom. The molecule has 0 unspecified atom stereocenters. The van der Waals surface area contributed by atoms with Crippen LogP contribution in [0.4, 0.5) is 0 Å². The first-order valence-electron chi connectivity index (χ1n) is 9.50. The van der Waals surface area contributed by atoms with Crippen LogP contribution in [0.2, 0.25) is 0 Å². The lowest BCUT2D eigenvalue weighted by molar-refractivity contribution is -0.155. The molecule has 28 heavy (non-hydrogen) atoms. The number of rotatable bonds is 6. The number of aryl methyl sites for hydroxylation is 1. The molecule has 2 fully saturated rings. The second-order valence-electron chi connectivity index (χ2n) is 7.61. The lowest BCUT2D eigenvalue weighted by Gasteiger charge is -2.34. The third kappa shape index (κ3) is 3.17. The Morgan fingerprint density at radius 1 is 1.32 bits per heavy atom. The lowest BCUT2D eigenvalue weighted by atomic mass is 9.71. The third-order valence-electron chi connectivity index (χ3n) is 6.04. The molecule has 3 heterocycles. The first kappa shape index (κ1) is 18.9. The van der Waals surface area contributed by atoms with Gasteiger partial charge in [0, 0.05) is 23.9 Å². The summed E-state index contributed by atoms with van der Waals surface area (Å²) >= 11 is 1.51. The molecular weight excluding hydrogens is 376 g/mol. The van der Waals surface area contributed by atoms with Gasteiger partial charge in [0.15, 0.2) is 6.61 Å². The molecule has 6 nitrogen and oxygen atoms in total. The second kappa shape index (κ2) is 7.54. The molecular formula is C21H24N2O4S. The van der Waals surface area contributed by atoms with E-state index in [1.807, 2.05) is 41.5 Å². The molecule has 2 bridgehead atoms. The van der Waals surface area contributed by atoms with Gasteiger partial charge in [-0.1, -0.05) is 18.2 Å². The summed E-state index contributed by atoms with van der Waals surface area (Å²) < 4.78 is 11.0. The smallest absolute Gasteiger partial charge is 0.314 e. The summed E-state index contributed by atoms with van der Waals surface area (Å²) in [6, 6.07) is 7.53. The summed E-state index contributed by atoms with van der Waals surface area (Å²) in [4.78, 5) is 32.1. The minimum Gasteiger partial charge on any atom is -0.484 e. The SMILES string of the molecule is COC(=O)[C@@]1(Cc2cscn2)C[C@H]2CC[C@@H]1N2C(=O)COc1ccccc1C. The Bertz CT molecular complexity index is 869. The number of para-hydroxylation sites is 1. The molecule has 0 aliphatic carbocycles. The average Bonchev–Trinajstić information content (AvgIpc) is 3.42. The minimum atomic E-state index is -0.718. The van der Waals surface area contributed by atoms with Gasteiger partial charge in [0.25, 0.3) is 5.91 Å². The fraction of sp³-hybridized carbons (Fsp3) is 0.476. The number of esters is 1. The number of benzene rings is 1. The number of carbonyl (C=O) groups excluding carboxylic acids is 2. The normalized spacial score (nSPS) is 25.7. The standard InChI is InChI=1S/C21H24N2O4S/c1-14-5-3-4-6-17(14)27-11-19(24)23-16-7-8-18(23)21(10-16,20(25)26-2)9-15-12-28-13-22-15/h3-6,12-13,16,18H,7-11H2,1-2H3/t16-,18+,21+/m1/s1. The van der Waals surface area contributed by atoms with Crippen molar-refractivity contribution in [2.45, 2.75) is 44.7 Å². The number of amides is 1. The zero-order chi connectivity index (χ0) is 19.7. The zero-order valence-corrected chi connectivity index (χ0v) is 16.9. The van der Waals surface area contributed by atoms with E-state index in [0.717, 1.165) is 24.1 Å². The maximum Gasteiger partial charge on any atom is 0.314 e. The van der Waals surface area contributed by atoms with E-state index in [-0.39, 0.29) is 30.6 Å². The number of methoxy groups -OCH3 is 1. The Morgan fingerprint density at radius 3 is 2.86 bits per heavy atom. The van der Waals surface area contributed by atoms with Crippen LogP contribution in [-0.4, -0.2) is 47.6 Å². The van der Waals surface area contributed by atoms with E-state index in [0.29, 0.717) is 18.6 Å². The topological polar surface area (TPSA) is 68.7 Å². The van der Waals surface area contributed by atoms with Crippen LogP contribution in [0.1, 0.15) is 30.5 Å². The number of hydrogen-bond acceptors (Lipinski definition) is 6. The predicted octanol–water partition coefficient (Wildman–Crippen LogP) is 3.00. The van der Waals surface area contributed by atoms with Gasteiger partial charge in [-0.25, -0.2) is 4.98 Å². The van der Waals surface area contributed by atoms with Crippen LogP contribution in [0.3, 0.4) is 0 Å². The van der Waals surface area contributed by atoms with Crippen LogP contribution in [0.5, 0.6) is 5.75 Å². The van der Waals surface area contributed by atoms with Gasteiger partial charge < -0.3 is 14.4 Å². The minimum absolute atomic E-state index is 0.0220. The molecule has 0 N–H and O–H groups in total. The van der Waals surface area contributed by atoms with Crippen LogP contribution in [0, 0.1) is 12.3 Å². The highest BCUT2D eigenvalue weighted by molar-refractivity contribution is 7.07. The van der Waals surface area contributed by atoms with E-state index in [4.69, 9.17) is 9.47 Å². The van der Waals surface area contributed by atoms with Crippen molar-refractivity contribution in [1.29, 1.82) is 0 Å². The molecule has 2 aliphatic rings. The lowest BCUT2D eigenvalue weighted by Crippen LogP contribution is -2.48. The Kier molecular flexibility index (Phi) is 5.10. The molecule has 7 heteroatoms. The maximum absolute atomic E-state index is 13.0. The van der Waals surface area contributed by atoms with E-state index >= 15 is 0 Å². The summed E-state index contributed by atoms with van der Waals surface area (Å²) in [5.74, 6) is 0.397. The van der Waals surface area contributed by atoms with Crippen molar-refractivity contribution in [2.24, 2.45) is 5.41 Å². The first-order valence-corrected chi connectivity index (χ1v) is 10.4. The van der Waals surface area contributed by atoms with E-state index in [2.05, 4.69) is 4.98 Å². The van der Waals surface area contributed by atoms with Crippen molar-refractivity contribution in [3.8, 4) is 5.75 Å². The van der Waals surface area contributed by atoms with Gasteiger partial charge in [-0.3, -0.25) is 9.59 Å². The summed E-state index contributed by atoms with van der Waals surface area (Å²) in [7, 11) is 1.42. The molecule has 2 saturated heterocycles. The Balaban J connectivity index is 1.53. The Hall–Kier alpha value is -2.41. The van der Waals surface area contributed by atoms with Crippen molar-refractivity contribution in [1.82, 2.24) is 9.88 Å². The second-order valence-corrected chi connectivity index (χ2v) is 8.33. The molecule has 1 aromatic heterocycles. The number of hydrogen-bond donors (Lipinski definition) is 0. The highest BCUT2D eigenvalue weighted by atomic mass is 32.1. The van der Waals surface area contributed by atoms with Crippen LogP contribution in [-0.2, 0) is 20.7 Å². The number of thiazole rings is 1. The van der Waals surface area contributed by atoms with Gasteiger partial charge >= 0.3 is 5.97 Å². The Labute approximate surface area is 168 Å². The highest BCUT2D eigenvalue weighted by Gasteiger charge is 2.62. The van der Waals surface area contributed by atoms with Crippen LogP contribution >= 0.6 is 11.3 Å². The highest BCUT2D eigenvalue weighted by Crippen LogP contribution is 2.52. The van der Waals surface area contributed by atoms with E-state index < -0.39 is 5.41 Å². The molecule has 0 spiro atoms. The molecule has 2 aliphatic heterocycles. The fourth-order valence-electron chi connectivity index (χ4n) is 4.83. The first-order chi connectivity index (χ1) is 13.5. The van der Waals surface area contributed by atoms with Crippen LogP contribution in [0.25, 0.3) is 0 Å². The van der Waals surface area contributed by atoms with Crippen molar-refractivity contribution in [3.05, 3.63) is 46.4 Å². The van der Waals surface area contributed by atoms with Gasteiger partial charge in [0.05, 0.1) is 23.7 Å². The number of ether oxygens (including phenoxy) is 2. The number of carbonyl (C=O) groups is 2. The van der Waals surface area contributed by atoms with E-state index in [1.165, 1.54) is 18.4 Å². The molecule has 4 rings (SSSR count). The molecule has 148 valence electrons. The van der Waals surface area contributed by atoms with Gasteiger partial charge in [0.1, 0.15) is 5.75 Å². The number of nitrogens with zero attached hydrogens (tertiary/aromatic N) is 2. The average molecular weight is 401 g/mol. The predicted molar refractivity (Wildman–Crippen MR) is 105 cm³/mol. The van der Waals surface area contributed by atoms with Crippen LogP contribution < -0.4 is 4.74 Å². The molecule has 3 atom stereocenters. The van der Waals surface area contributed by atoms with Crippen molar-refractivity contribution in [2.75, 3.05) is 13.7 Å². The number of aromatic nitrogens is 1. The summed E-state index contributed by atoms with van der Waals surface area (Å²) in [5, 5.41) is 1.96. The zero-order valence-electron chi connectivity index (χ0n) is 16.1. The van der Waals surface area contributed by atoms with Crippen LogP contribution in [0.15, 0.2) is 35.2 Å². The van der Waals surface area contributed by atoms with Gasteiger partial charge in [-0.05, 0) is 37.8 Å². The van der Waals surface area contributed by atoms with Gasteiger partial charge in [-0.15, -0.1) is 11.3 Å². The molecule has 1 aromatic carbocycles. The van der Waals surface area contributed by atoms with E-state index in [9.17, 15) is 9.59 Å². The van der Waals surface area contributed by atoms with Crippen molar-refractivity contribution >= 4 is 23.2 Å². The van der Waals surface area contributed by atoms with Gasteiger partial charge in [0.2, 0.25) is 0 Å². The fourth-order valence-corrected chi connectivity index (χ4v) is 5.38. The monoisotopic (exact) mass is 400 g/mol. The van der Waals surface area contributed by atoms with Crippen molar-refractivity contribution < 1.29 is 19.1 Å². The molecule has 0 radical (unpaired) electrons. The van der Waals surface area contributed by atoms with Gasteiger partial charge in [-0.2, -0.15) is 0 Å². The summed E-state index contributed by atoms with van der Waals surface area (Å²) in [6.07, 6.45) is 2.85. The maximum atomic E-state index is 13.0. The number of fused-ring (bicyclic) bond motifs is 2. The van der Waals surface area contributed by atoms with Crippen molar-refractivity contribution in [3.63, 3.8) is 0 Å².